The molecule has 1 heterocycles. The SMILES string of the molecule is CC(CN(C(=O)O)C(C)(C)C)C1=NN(CCC2CCCCC2)C(=O)C1. The fraction of sp³-hybridized carbons (Fsp3) is 0.842. The minimum absolute atomic E-state index is 0.0512. The number of carboxylic acid groups (broad SMARTS) is 1. The second kappa shape index (κ2) is 8.19. The maximum Gasteiger partial charge on any atom is 0.407 e. The van der Waals surface area contributed by atoms with Gasteiger partial charge in [-0.25, -0.2) is 9.80 Å². The molecule has 2 aliphatic rings. The number of amides is 2. The molecule has 0 aromatic rings. The molecule has 1 atom stereocenters. The highest BCUT2D eigenvalue weighted by atomic mass is 16.4. The van der Waals surface area contributed by atoms with Crippen molar-refractivity contribution < 1.29 is 14.7 Å². The first-order valence-electron chi connectivity index (χ1n) is 9.56. The standard InChI is InChI=1S/C19H33N3O3/c1-14(13-21(18(24)25)19(2,3)4)16-12-17(23)22(20-16)11-10-15-8-6-5-7-9-15/h14-15H,5-13H2,1-4H3,(H,24,25). The van der Waals surface area contributed by atoms with Crippen LogP contribution < -0.4 is 0 Å². The fourth-order valence-electron chi connectivity index (χ4n) is 3.74. The molecule has 0 saturated heterocycles. The summed E-state index contributed by atoms with van der Waals surface area (Å²) in [5.41, 5.74) is 0.341. The summed E-state index contributed by atoms with van der Waals surface area (Å²) >= 11 is 0. The molecule has 0 radical (unpaired) electrons. The van der Waals surface area contributed by atoms with Crippen LogP contribution in [0.25, 0.3) is 0 Å². The van der Waals surface area contributed by atoms with E-state index in [1.54, 1.807) is 5.01 Å². The van der Waals surface area contributed by atoms with Gasteiger partial charge in [-0.1, -0.05) is 39.0 Å². The zero-order valence-electron chi connectivity index (χ0n) is 16.1. The topological polar surface area (TPSA) is 73.2 Å². The number of hydrogen-bond acceptors (Lipinski definition) is 3. The minimum atomic E-state index is -0.932. The highest BCUT2D eigenvalue weighted by Gasteiger charge is 2.32. The summed E-state index contributed by atoms with van der Waals surface area (Å²) in [4.78, 5) is 25.2. The van der Waals surface area contributed by atoms with Gasteiger partial charge in [0.05, 0.1) is 12.1 Å². The van der Waals surface area contributed by atoms with Crippen LogP contribution in [0.3, 0.4) is 0 Å². The molecule has 1 N–H and O–H groups in total. The van der Waals surface area contributed by atoms with Gasteiger partial charge in [0.2, 0.25) is 5.91 Å². The lowest BCUT2D eigenvalue weighted by atomic mass is 9.87. The second-order valence-corrected chi connectivity index (χ2v) is 8.54. The van der Waals surface area contributed by atoms with Gasteiger partial charge in [0.1, 0.15) is 0 Å². The zero-order chi connectivity index (χ0) is 18.6. The van der Waals surface area contributed by atoms with Gasteiger partial charge in [-0.05, 0) is 33.1 Å². The zero-order valence-corrected chi connectivity index (χ0v) is 16.1. The molecule has 0 bridgehead atoms. The molecule has 0 aromatic carbocycles. The lowest BCUT2D eigenvalue weighted by Gasteiger charge is -2.35. The Hall–Kier alpha value is -1.59. The van der Waals surface area contributed by atoms with Crippen LogP contribution in [0.15, 0.2) is 5.10 Å². The number of hydrogen-bond donors (Lipinski definition) is 1. The molecule has 2 amide bonds. The van der Waals surface area contributed by atoms with Crippen molar-refractivity contribution >= 4 is 17.7 Å². The Kier molecular flexibility index (Phi) is 6.47. The van der Waals surface area contributed by atoms with Crippen LogP contribution in [-0.2, 0) is 4.79 Å². The van der Waals surface area contributed by atoms with Gasteiger partial charge in [-0.15, -0.1) is 0 Å². The van der Waals surface area contributed by atoms with Crippen molar-refractivity contribution in [2.45, 2.75) is 78.2 Å². The van der Waals surface area contributed by atoms with E-state index in [0.29, 0.717) is 19.5 Å². The van der Waals surface area contributed by atoms with Crippen LogP contribution in [0.5, 0.6) is 0 Å². The molecule has 1 unspecified atom stereocenters. The molecular weight excluding hydrogens is 318 g/mol. The normalized spacial score (nSPS) is 20.6. The molecule has 6 nitrogen and oxygen atoms in total. The molecule has 2 rings (SSSR count). The maximum atomic E-state index is 12.3. The molecular formula is C19H33N3O3. The van der Waals surface area contributed by atoms with Crippen molar-refractivity contribution in [2.24, 2.45) is 16.9 Å². The first-order valence-corrected chi connectivity index (χ1v) is 9.56. The summed E-state index contributed by atoms with van der Waals surface area (Å²) in [6, 6.07) is 0. The van der Waals surface area contributed by atoms with E-state index in [4.69, 9.17) is 0 Å². The van der Waals surface area contributed by atoms with Gasteiger partial charge in [-0.2, -0.15) is 5.10 Å². The monoisotopic (exact) mass is 351 g/mol. The Labute approximate surface area is 151 Å². The van der Waals surface area contributed by atoms with Gasteiger partial charge in [0.25, 0.3) is 0 Å². The molecule has 142 valence electrons. The van der Waals surface area contributed by atoms with Crippen molar-refractivity contribution in [2.75, 3.05) is 13.1 Å². The Balaban J connectivity index is 1.92. The van der Waals surface area contributed by atoms with E-state index in [2.05, 4.69) is 5.10 Å². The van der Waals surface area contributed by atoms with Crippen molar-refractivity contribution in [3.8, 4) is 0 Å². The van der Waals surface area contributed by atoms with Gasteiger partial charge >= 0.3 is 6.09 Å². The summed E-state index contributed by atoms with van der Waals surface area (Å²) in [6.45, 7) is 8.66. The fourth-order valence-corrected chi connectivity index (χ4v) is 3.74. The number of nitrogens with zero attached hydrogens (tertiary/aromatic N) is 3. The summed E-state index contributed by atoms with van der Waals surface area (Å²) in [5, 5.41) is 15.6. The van der Waals surface area contributed by atoms with Crippen LogP contribution in [0.1, 0.15) is 72.6 Å². The maximum absolute atomic E-state index is 12.3. The molecule has 25 heavy (non-hydrogen) atoms. The Morgan fingerprint density at radius 2 is 1.96 bits per heavy atom. The first-order chi connectivity index (χ1) is 11.7. The quantitative estimate of drug-likeness (QED) is 0.787. The highest BCUT2D eigenvalue weighted by molar-refractivity contribution is 6.06. The molecule has 1 aliphatic carbocycles. The largest absolute Gasteiger partial charge is 0.465 e. The lowest BCUT2D eigenvalue weighted by molar-refractivity contribution is -0.128. The van der Waals surface area contributed by atoms with E-state index in [1.165, 1.54) is 37.0 Å². The molecule has 0 spiro atoms. The van der Waals surface area contributed by atoms with E-state index < -0.39 is 11.6 Å². The van der Waals surface area contributed by atoms with Crippen molar-refractivity contribution in [3.63, 3.8) is 0 Å². The summed E-state index contributed by atoms with van der Waals surface area (Å²) in [5.74, 6) is 0.718. The van der Waals surface area contributed by atoms with Crippen LogP contribution in [0.4, 0.5) is 4.79 Å². The number of carbonyl (C=O) groups is 2. The predicted octanol–water partition coefficient (Wildman–Crippen LogP) is 3.96. The summed E-state index contributed by atoms with van der Waals surface area (Å²) in [7, 11) is 0. The van der Waals surface area contributed by atoms with Crippen LogP contribution in [0, 0.1) is 11.8 Å². The average Bonchev–Trinajstić information content (AvgIpc) is 2.91. The van der Waals surface area contributed by atoms with Gasteiger partial charge in [0.15, 0.2) is 0 Å². The Morgan fingerprint density at radius 1 is 1.32 bits per heavy atom. The smallest absolute Gasteiger partial charge is 0.407 e. The minimum Gasteiger partial charge on any atom is -0.465 e. The number of hydrazone groups is 1. The second-order valence-electron chi connectivity index (χ2n) is 8.54. The summed E-state index contributed by atoms with van der Waals surface area (Å²) < 4.78 is 0. The lowest BCUT2D eigenvalue weighted by Crippen LogP contribution is -2.47. The van der Waals surface area contributed by atoms with E-state index in [9.17, 15) is 14.7 Å². The van der Waals surface area contributed by atoms with Gasteiger partial charge in [-0.3, -0.25) is 4.79 Å². The first kappa shape index (κ1) is 19.7. The Morgan fingerprint density at radius 3 is 2.52 bits per heavy atom. The third-order valence-electron chi connectivity index (χ3n) is 5.41. The van der Waals surface area contributed by atoms with Crippen LogP contribution in [-0.4, -0.2) is 51.4 Å². The molecule has 1 aliphatic heterocycles. The number of rotatable bonds is 6. The molecule has 1 saturated carbocycles. The van der Waals surface area contributed by atoms with E-state index in [0.717, 1.165) is 18.1 Å². The average molecular weight is 351 g/mol. The van der Waals surface area contributed by atoms with E-state index in [1.807, 2.05) is 27.7 Å². The number of carbonyl (C=O) groups excluding carboxylic acids is 1. The van der Waals surface area contributed by atoms with E-state index in [-0.39, 0.29) is 11.8 Å². The third-order valence-corrected chi connectivity index (χ3v) is 5.41. The molecule has 0 aromatic heterocycles. The molecule has 6 heteroatoms. The van der Waals surface area contributed by atoms with Gasteiger partial charge < -0.3 is 10.0 Å². The van der Waals surface area contributed by atoms with Crippen molar-refractivity contribution in [1.29, 1.82) is 0 Å². The van der Waals surface area contributed by atoms with Gasteiger partial charge in [0, 0.05) is 24.5 Å². The highest BCUT2D eigenvalue weighted by Crippen LogP contribution is 2.27. The van der Waals surface area contributed by atoms with Crippen molar-refractivity contribution in [3.05, 3.63) is 0 Å². The third kappa shape index (κ3) is 5.44. The van der Waals surface area contributed by atoms with Crippen LogP contribution in [0.2, 0.25) is 0 Å². The van der Waals surface area contributed by atoms with Crippen molar-refractivity contribution in [1.82, 2.24) is 9.91 Å². The van der Waals surface area contributed by atoms with Crippen LogP contribution >= 0.6 is 0 Å². The van der Waals surface area contributed by atoms with E-state index >= 15 is 0 Å². The predicted molar refractivity (Wildman–Crippen MR) is 98.6 cm³/mol. The summed E-state index contributed by atoms with van der Waals surface area (Å²) in [6.07, 6.45) is 6.92. The molecule has 1 fully saturated rings. The Bertz CT molecular complexity index is 518.